The third-order valence-corrected chi connectivity index (χ3v) is 0.494. The van der Waals surface area contributed by atoms with Crippen LogP contribution in [0.3, 0.4) is 0 Å². The standard InChI is InChI=1S/C5H5F3/c6-3-1-5(8)2-4-7/h1-3H,4H2/b3-1+,5-2-. The highest BCUT2D eigenvalue weighted by Crippen LogP contribution is 1.97. The lowest BCUT2D eigenvalue weighted by Crippen LogP contribution is -1.66. The molecule has 0 fully saturated rings. The van der Waals surface area contributed by atoms with Crippen molar-refractivity contribution in [3.05, 3.63) is 24.3 Å². The minimum atomic E-state index is -0.907. The van der Waals surface area contributed by atoms with Gasteiger partial charge in [-0.1, -0.05) is 0 Å². The summed E-state index contributed by atoms with van der Waals surface area (Å²) in [5, 5.41) is 0. The third-order valence-electron chi connectivity index (χ3n) is 0.494. The molecule has 0 aromatic carbocycles. The van der Waals surface area contributed by atoms with Crippen molar-refractivity contribution in [2.75, 3.05) is 6.67 Å². The molecule has 0 aliphatic rings. The molecular formula is C5H5F3. The Morgan fingerprint density at radius 2 is 2.12 bits per heavy atom. The number of hydrogen-bond acceptors (Lipinski definition) is 0. The van der Waals surface area contributed by atoms with Gasteiger partial charge in [0.2, 0.25) is 0 Å². The van der Waals surface area contributed by atoms with Crippen molar-refractivity contribution >= 4 is 0 Å². The molecular weight excluding hydrogens is 117 g/mol. The zero-order chi connectivity index (χ0) is 6.41. The fourth-order valence-corrected chi connectivity index (χ4v) is 0.202. The number of allylic oxidation sites excluding steroid dienone is 3. The second-order valence-corrected chi connectivity index (χ2v) is 1.04. The molecule has 0 aliphatic heterocycles. The largest absolute Gasteiger partial charge is 0.246 e. The Kier molecular flexibility index (Phi) is 4.03. The van der Waals surface area contributed by atoms with Crippen LogP contribution in [0.2, 0.25) is 0 Å². The maximum Gasteiger partial charge on any atom is 0.124 e. The van der Waals surface area contributed by atoms with E-state index in [1.807, 2.05) is 0 Å². The highest BCUT2D eigenvalue weighted by molar-refractivity contribution is 5.08. The summed E-state index contributed by atoms with van der Waals surface area (Å²) in [6.45, 7) is -0.907. The van der Waals surface area contributed by atoms with E-state index >= 15 is 0 Å². The van der Waals surface area contributed by atoms with Crippen molar-refractivity contribution < 1.29 is 13.2 Å². The summed E-state index contributed by atoms with van der Waals surface area (Å²) in [5.41, 5.74) is 0. The molecule has 0 unspecified atom stereocenters. The number of hydrogen-bond donors (Lipinski definition) is 0. The van der Waals surface area contributed by atoms with Crippen molar-refractivity contribution in [2.24, 2.45) is 0 Å². The van der Waals surface area contributed by atoms with Crippen LogP contribution in [0.15, 0.2) is 24.3 Å². The van der Waals surface area contributed by atoms with E-state index in [4.69, 9.17) is 0 Å². The molecule has 0 aliphatic carbocycles. The lowest BCUT2D eigenvalue weighted by Gasteiger charge is -1.77. The Labute approximate surface area is 45.3 Å². The van der Waals surface area contributed by atoms with Crippen LogP contribution >= 0.6 is 0 Å². The SMILES string of the molecule is F/C=C/C(F)=C/CF. The van der Waals surface area contributed by atoms with Gasteiger partial charge in [-0.2, -0.15) is 0 Å². The van der Waals surface area contributed by atoms with Gasteiger partial charge in [-0.25, -0.2) is 13.2 Å². The first-order valence-corrected chi connectivity index (χ1v) is 1.99. The topological polar surface area (TPSA) is 0 Å². The Morgan fingerprint density at radius 3 is 2.50 bits per heavy atom. The summed E-state index contributed by atoms with van der Waals surface area (Å²) < 4.78 is 33.8. The highest BCUT2D eigenvalue weighted by Gasteiger charge is 1.82. The monoisotopic (exact) mass is 122 g/mol. The summed E-state index contributed by atoms with van der Waals surface area (Å²) in [6.07, 6.45) is 1.19. The normalized spacial score (nSPS) is 13.1. The van der Waals surface area contributed by atoms with Crippen LogP contribution in [-0.2, 0) is 0 Å². The van der Waals surface area contributed by atoms with Crippen molar-refractivity contribution in [3.63, 3.8) is 0 Å². The summed E-state index contributed by atoms with van der Waals surface area (Å²) in [4.78, 5) is 0. The molecule has 0 aromatic heterocycles. The van der Waals surface area contributed by atoms with Crippen LogP contribution in [-0.4, -0.2) is 6.67 Å². The third kappa shape index (κ3) is 3.46. The molecule has 0 nitrogen and oxygen atoms in total. The van der Waals surface area contributed by atoms with Gasteiger partial charge in [0.05, 0.1) is 6.33 Å². The molecule has 0 heterocycles. The fourth-order valence-electron chi connectivity index (χ4n) is 0.202. The van der Waals surface area contributed by atoms with Gasteiger partial charge in [0.15, 0.2) is 0 Å². The molecule has 0 aromatic rings. The van der Waals surface area contributed by atoms with Crippen molar-refractivity contribution in [1.29, 1.82) is 0 Å². The zero-order valence-corrected chi connectivity index (χ0v) is 4.07. The van der Waals surface area contributed by atoms with E-state index in [-0.39, 0.29) is 6.33 Å². The van der Waals surface area contributed by atoms with E-state index in [2.05, 4.69) is 0 Å². The second kappa shape index (κ2) is 4.43. The molecule has 0 amide bonds. The minimum Gasteiger partial charge on any atom is -0.246 e. The Hall–Kier alpha value is -0.730. The number of alkyl halides is 1. The van der Waals surface area contributed by atoms with Crippen LogP contribution in [0, 0.1) is 0 Å². The minimum absolute atomic E-state index is 0.0154. The van der Waals surface area contributed by atoms with Crippen LogP contribution < -0.4 is 0 Å². The van der Waals surface area contributed by atoms with Gasteiger partial charge >= 0.3 is 0 Å². The van der Waals surface area contributed by atoms with Gasteiger partial charge in [-0.15, -0.1) is 0 Å². The molecule has 3 heteroatoms. The first-order chi connectivity index (χ1) is 3.81. The van der Waals surface area contributed by atoms with E-state index in [0.29, 0.717) is 12.2 Å². The van der Waals surface area contributed by atoms with E-state index < -0.39 is 12.5 Å². The summed E-state index contributed by atoms with van der Waals surface area (Å²) in [6, 6.07) is 0. The Balaban J connectivity index is 3.61. The molecule has 0 radical (unpaired) electrons. The van der Waals surface area contributed by atoms with Crippen LogP contribution in [0.1, 0.15) is 0 Å². The van der Waals surface area contributed by atoms with E-state index in [1.54, 1.807) is 0 Å². The predicted octanol–water partition coefficient (Wildman–Crippen LogP) is 2.29. The Bertz CT molecular complexity index is 104. The summed E-state index contributed by atoms with van der Waals surface area (Å²) in [5.74, 6) is -0.894. The molecule has 0 N–H and O–H groups in total. The van der Waals surface area contributed by atoms with Crippen molar-refractivity contribution in [3.8, 4) is 0 Å². The van der Waals surface area contributed by atoms with Gasteiger partial charge in [0.25, 0.3) is 0 Å². The molecule has 0 rings (SSSR count). The lowest BCUT2D eigenvalue weighted by atomic mass is 10.5. The first kappa shape index (κ1) is 7.27. The Morgan fingerprint density at radius 1 is 1.50 bits per heavy atom. The quantitative estimate of drug-likeness (QED) is 0.493. The van der Waals surface area contributed by atoms with Gasteiger partial charge in [0, 0.05) is 6.08 Å². The van der Waals surface area contributed by atoms with Crippen LogP contribution in [0.4, 0.5) is 13.2 Å². The van der Waals surface area contributed by atoms with Crippen LogP contribution in [0.5, 0.6) is 0 Å². The zero-order valence-electron chi connectivity index (χ0n) is 4.07. The average molecular weight is 122 g/mol. The summed E-state index contributed by atoms with van der Waals surface area (Å²) >= 11 is 0. The van der Waals surface area contributed by atoms with Gasteiger partial charge in [-0.05, 0) is 6.08 Å². The maximum atomic E-state index is 11.7. The number of rotatable bonds is 2. The molecule has 0 atom stereocenters. The van der Waals surface area contributed by atoms with Gasteiger partial charge in [-0.3, -0.25) is 0 Å². The smallest absolute Gasteiger partial charge is 0.124 e. The van der Waals surface area contributed by atoms with Gasteiger partial charge < -0.3 is 0 Å². The van der Waals surface area contributed by atoms with Crippen molar-refractivity contribution in [2.45, 2.75) is 0 Å². The predicted molar refractivity (Wildman–Crippen MR) is 25.4 cm³/mol. The fraction of sp³-hybridized carbons (Fsp3) is 0.200. The van der Waals surface area contributed by atoms with E-state index in [1.165, 1.54) is 0 Å². The van der Waals surface area contributed by atoms with Crippen LogP contribution in [0.25, 0.3) is 0 Å². The molecule has 0 saturated heterocycles. The molecule has 0 bridgehead atoms. The maximum absolute atomic E-state index is 11.7. The molecule has 8 heavy (non-hydrogen) atoms. The number of halogens is 3. The molecule has 0 spiro atoms. The van der Waals surface area contributed by atoms with E-state index in [9.17, 15) is 13.2 Å². The highest BCUT2D eigenvalue weighted by atomic mass is 19.1. The first-order valence-electron chi connectivity index (χ1n) is 1.99. The average Bonchev–Trinajstić information content (AvgIpc) is 1.68. The lowest BCUT2D eigenvalue weighted by molar-refractivity contribution is 0.547. The molecule has 0 saturated carbocycles. The van der Waals surface area contributed by atoms with E-state index in [0.717, 1.165) is 0 Å². The summed E-state index contributed by atoms with van der Waals surface area (Å²) in [7, 11) is 0. The van der Waals surface area contributed by atoms with Gasteiger partial charge in [0.1, 0.15) is 12.5 Å². The second-order valence-electron chi connectivity index (χ2n) is 1.04. The van der Waals surface area contributed by atoms with Crippen molar-refractivity contribution in [1.82, 2.24) is 0 Å². The molecule has 46 valence electrons.